The van der Waals surface area contributed by atoms with Crippen LogP contribution in [0.1, 0.15) is 41.9 Å². The summed E-state index contributed by atoms with van der Waals surface area (Å²) in [7, 11) is 4.56. The van der Waals surface area contributed by atoms with Crippen LogP contribution in [-0.4, -0.2) is 48.1 Å². The number of aromatic amines is 1. The van der Waals surface area contributed by atoms with Gasteiger partial charge in [-0.3, -0.25) is 9.59 Å². The number of nitrogens with one attached hydrogen (secondary N) is 1. The van der Waals surface area contributed by atoms with Crippen LogP contribution in [0.15, 0.2) is 41.2 Å². The van der Waals surface area contributed by atoms with Gasteiger partial charge in [-0.15, -0.1) is 0 Å². The zero-order valence-electron chi connectivity index (χ0n) is 18.5. The van der Waals surface area contributed by atoms with Gasteiger partial charge in [-0.05, 0) is 37.1 Å². The number of fused-ring (bicyclic) bond motifs is 1. The van der Waals surface area contributed by atoms with Crippen molar-refractivity contribution in [2.24, 2.45) is 0 Å². The highest BCUT2D eigenvalue weighted by molar-refractivity contribution is 5.96. The van der Waals surface area contributed by atoms with Gasteiger partial charge < -0.3 is 24.1 Å². The molecule has 1 N–H and O–H groups in total. The summed E-state index contributed by atoms with van der Waals surface area (Å²) in [5, 5.41) is 0.527. The Hall–Kier alpha value is -3.55. The SMILES string of the molecule is COc1cc(C(=O)N(Cc2nc3ccccc3c(=O)[nH]2)C2CCCC2)cc(OC)c1OC. The van der Waals surface area contributed by atoms with E-state index in [-0.39, 0.29) is 24.1 Å². The van der Waals surface area contributed by atoms with Crippen LogP contribution in [0.2, 0.25) is 0 Å². The molecule has 1 fully saturated rings. The number of rotatable bonds is 7. The average Bonchev–Trinajstić information content (AvgIpc) is 3.35. The van der Waals surface area contributed by atoms with Gasteiger partial charge in [0.25, 0.3) is 11.5 Å². The van der Waals surface area contributed by atoms with Crippen molar-refractivity contribution in [3.63, 3.8) is 0 Å². The second-order valence-corrected chi connectivity index (χ2v) is 7.82. The lowest BCUT2D eigenvalue weighted by atomic mass is 10.1. The Morgan fingerprint density at radius 1 is 1.06 bits per heavy atom. The molecule has 3 aromatic rings. The van der Waals surface area contributed by atoms with E-state index in [1.807, 2.05) is 6.07 Å². The average molecular weight is 437 g/mol. The first-order valence-electron chi connectivity index (χ1n) is 10.6. The number of methoxy groups -OCH3 is 3. The molecule has 1 aliphatic rings. The molecule has 0 bridgehead atoms. The van der Waals surface area contributed by atoms with E-state index >= 15 is 0 Å². The predicted octanol–water partition coefficient (Wildman–Crippen LogP) is 3.53. The van der Waals surface area contributed by atoms with Crippen LogP contribution in [-0.2, 0) is 6.54 Å². The van der Waals surface area contributed by atoms with Crippen molar-refractivity contribution in [3.05, 3.63) is 58.1 Å². The van der Waals surface area contributed by atoms with E-state index in [2.05, 4.69) is 9.97 Å². The number of carbonyl (C=O) groups excluding carboxylic acids is 1. The van der Waals surface area contributed by atoms with Crippen LogP contribution in [0.4, 0.5) is 0 Å². The fraction of sp³-hybridized carbons (Fsp3) is 0.375. The van der Waals surface area contributed by atoms with Crippen LogP contribution in [0.3, 0.4) is 0 Å². The number of hydrogen-bond donors (Lipinski definition) is 1. The predicted molar refractivity (Wildman–Crippen MR) is 121 cm³/mol. The van der Waals surface area contributed by atoms with Gasteiger partial charge in [0.05, 0.1) is 38.8 Å². The molecule has 0 radical (unpaired) electrons. The fourth-order valence-corrected chi connectivity index (χ4v) is 4.32. The maximum atomic E-state index is 13.7. The molecule has 0 spiro atoms. The quantitative estimate of drug-likeness (QED) is 0.608. The first-order valence-corrected chi connectivity index (χ1v) is 10.6. The Morgan fingerprint density at radius 2 is 1.72 bits per heavy atom. The number of para-hydroxylation sites is 1. The minimum atomic E-state index is -0.211. The van der Waals surface area contributed by atoms with Crippen molar-refractivity contribution in [1.82, 2.24) is 14.9 Å². The molecular weight excluding hydrogens is 410 g/mol. The second kappa shape index (κ2) is 9.30. The van der Waals surface area contributed by atoms with Gasteiger partial charge in [0.2, 0.25) is 5.75 Å². The van der Waals surface area contributed by atoms with Gasteiger partial charge in [0.15, 0.2) is 11.5 Å². The monoisotopic (exact) mass is 437 g/mol. The molecule has 8 heteroatoms. The molecule has 1 aromatic heterocycles. The lowest BCUT2D eigenvalue weighted by molar-refractivity contribution is 0.0658. The van der Waals surface area contributed by atoms with Crippen molar-refractivity contribution in [2.75, 3.05) is 21.3 Å². The van der Waals surface area contributed by atoms with E-state index in [1.165, 1.54) is 21.3 Å². The molecule has 8 nitrogen and oxygen atoms in total. The topological polar surface area (TPSA) is 93.8 Å². The van der Waals surface area contributed by atoms with Gasteiger partial charge in [-0.1, -0.05) is 25.0 Å². The van der Waals surface area contributed by atoms with E-state index in [9.17, 15) is 9.59 Å². The molecule has 2 aromatic carbocycles. The van der Waals surface area contributed by atoms with E-state index in [4.69, 9.17) is 14.2 Å². The summed E-state index contributed by atoms with van der Waals surface area (Å²) in [4.78, 5) is 35.4. The van der Waals surface area contributed by atoms with Crippen molar-refractivity contribution in [1.29, 1.82) is 0 Å². The van der Waals surface area contributed by atoms with Gasteiger partial charge in [0.1, 0.15) is 5.82 Å². The first kappa shape index (κ1) is 21.7. The third-order valence-electron chi connectivity index (χ3n) is 5.92. The molecule has 0 unspecified atom stereocenters. The fourth-order valence-electron chi connectivity index (χ4n) is 4.32. The van der Waals surface area contributed by atoms with Gasteiger partial charge in [-0.25, -0.2) is 4.98 Å². The van der Waals surface area contributed by atoms with Crippen LogP contribution < -0.4 is 19.8 Å². The van der Waals surface area contributed by atoms with Crippen LogP contribution in [0, 0.1) is 0 Å². The molecule has 0 aliphatic heterocycles. The zero-order valence-corrected chi connectivity index (χ0v) is 18.5. The normalized spacial score (nSPS) is 13.8. The summed E-state index contributed by atoms with van der Waals surface area (Å²) in [5.74, 6) is 1.55. The molecule has 168 valence electrons. The molecule has 0 atom stereocenters. The summed E-state index contributed by atoms with van der Waals surface area (Å²) in [6, 6.07) is 10.6. The summed E-state index contributed by atoms with van der Waals surface area (Å²) in [6.07, 6.45) is 3.94. The highest BCUT2D eigenvalue weighted by Crippen LogP contribution is 2.39. The molecule has 1 aliphatic carbocycles. The number of aromatic nitrogens is 2. The number of H-pyrrole nitrogens is 1. The smallest absolute Gasteiger partial charge is 0.258 e. The molecule has 1 heterocycles. The third-order valence-corrected chi connectivity index (χ3v) is 5.92. The summed E-state index contributed by atoms with van der Waals surface area (Å²) < 4.78 is 16.2. The standard InChI is InChI=1S/C24H27N3O5/c1-30-19-12-15(13-20(31-2)22(19)32-3)24(29)27(16-8-4-5-9-16)14-21-25-18-11-7-6-10-17(18)23(28)26-21/h6-7,10-13,16H,4-5,8-9,14H2,1-3H3,(H,25,26,28). The van der Waals surface area contributed by atoms with E-state index < -0.39 is 0 Å². The molecule has 32 heavy (non-hydrogen) atoms. The van der Waals surface area contributed by atoms with Gasteiger partial charge in [0, 0.05) is 11.6 Å². The molecular formula is C24H27N3O5. The minimum absolute atomic E-state index is 0.0679. The number of nitrogens with zero attached hydrogens (tertiary/aromatic N) is 2. The Kier molecular flexibility index (Phi) is 6.30. The Labute approximate surface area is 186 Å². The van der Waals surface area contributed by atoms with E-state index in [0.29, 0.717) is 39.5 Å². The van der Waals surface area contributed by atoms with Crippen LogP contribution in [0.5, 0.6) is 17.2 Å². The van der Waals surface area contributed by atoms with E-state index in [0.717, 1.165) is 25.7 Å². The third kappa shape index (κ3) is 4.12. The first-order chi connectivity index (χ1) is 15.5. The van der Waals surface area contributed by atoms with Gasteiger partial charge in [-0.2, -0.15) is 0 Å². The highest BCUT2D eigenvalue weighted by Gasteiger charge is 2.30. The number of carbonyl (C=O) groups is 1. The minimum Gasteiger partial charge on any atom is -0.493 e. The lowest BCUT2D eigenvalue weighted by Gasteiger charge is -2.29. The van der Waals surface area contributed by atoms with Crippen molar-refractivity contribution < 1.29 is 19.0 Å². The Balaban J connectivity index is 1.73. The number of ether oxygens (including phenoxy) is 3. The zero-order chi connectivity index (χ0) is 22.7. The largest absolute Gasteiger partial charge is 0.493 e. The van der Waals surface area contributed by atoms with Crippen molar-refractivity contribution >= 4 is 16.8 Å². The molecule has 1 saturated carbocycles. The number of benzene rings is 2. The maximum absolute atomic E-state index is 13.7. The summed E-state index contributed by atoms with van der Waals surface area (Å²) in [6.45, 7) is 0.209. The molecule has 4 rings (SSSR count). The van der Waals surface area contributed by atoms with Crippen molar-refractivity contribution in [3.8, 4) is 17.2 Å². The summed E-state index contributed by atoms with van der Waals surface area (Å²) >= 11 is 0. The number of amides is 1. The molecule has 0 saturated heterocycles. The van der Waals surface area contributed by atoms with Crippen LogP contribution in [0.25, 0.3) is 10.9 Å². The van der Waals surface area contributed by atoms with Crippen LogP contribution >= 0.6 is 0 Å². The van der Waals surface area contributed by atoms with E-state index in [1.54, 1.807) is 35.2 Å². The lowest BCUT2D eigenvalue weighted by Crippen LogP contribution is -2.39. The summed E-state index contributed by atoms with van der Waals surface area (Å²) in [5.41, 5.74) is 0.824. The molecule has 1 amide bonds. The Bertz CT molecular complexity index is 1160. The van der Waals surface area contributed by atoms with Crippen molar-refractivity contribution in [2.45, 2.75) is 38.3 Å². The highest BCUT2D eigenvalue weighted by atomic mass is 16.5. The Morgan fingerprint density at radius 3 is 2.34 bits per heavy atom. The van der Waals surface area contributed by atoms with Gasteiger partial charge >= 0.3 is 0 Å². The number of hydrogen-bond acceptors (Lipinski definition) is 6. The second-order valence-electron chi connectivity index (χ2n) is 7.82. The maximum Gasteiger partial charge on any atom is 0.258 e.